The summed E-state index contributed by atoms with van der Waals surface area (Å²) in [7, 11) is 0. The maximum absolute atomic E-state index is 14.3. The first-order valence-electron chi connectivity index (χ1n) is 9.62. The molecule has 1 amide bonds. The number of ketones is 1. The number of anilines is 1. The number of rotatable bonds is 5. The summed E-state index contributed by atoms with van der Waals surface area (Å²) in [6.07, 6.45) is -4.49. The van der Waals surface area contributed by atoms with Gasteiger partial charge in [0.15, 0.2) is 0 Å². The van der Waals surface area contributed by atoms with E-state index < -0.39 is 46.7 Å². The second kappa shape index (κ2) is 7.54. The number of hydrogen-bond acceptors (Lipinski definition) is 5. The lowest BCUT2D eigenvalue weighted by Gasteiger charge is -2.18. The molecule has 0 radical (unpaired) electrons. The minimum atomic E-state index is -4.65. The van der Waals surface area contributed by atoms with Crippen molar-refractivity contribution in [3.8, 4) is 0 Å². The Bertz CT molecular complexity index is 1310. The number of carbonyl (C=O) groups excluding carboxylic acids is 2. The van der Waals surface area contributed by atoms with Crippen LogP contribution in [0.4, 0.5) is 23.2 Å². The number of alkyl halides is 3. The van der Waals surface area contributed by atoms with Gasteiger partial charge < -0.3 is 9.84 Å². The summed E-state index contributed by atoms with van der Waals surface area (Å²) >= 11 is 0. The number of carbonyl (C=O) groups is 2. The van der Waals surface area contributed by atoms with E-state index in [4.69, 9.17) is 0 Å². The maximum atomic E-state index is 14.3. The van der Waals surface area contributed by atoms with Gasteiger partial charge in [-0.1, -0.05) is 5.16 Å². The highest BCUT2D eigenvalue weighted by Gasteiger charge is 2.49. The summed E-state index contributed by atoms with van der Waals surface area (Å²) in [5.74, 6) is -2.72. The first kappa shape index (κ1) is 21.7. The predicted molar refractivity (Wildman–Crippen MR) is 106 cm³/mol. The molecule has 4 rings (SSSR count). The van der Waals surface area contributed by atoms with Crippen LogP contribution >= 0.6 is 0 Å². The predicted octanol–water partition coefficient (Wildman–Crippen LogP) is 4.28. The number of benzene rings is 2. The second-order valence-corrected chi connectivity index (χ2v) is 7.84. The third-order valence-electron chi connectivity index (χ3n) is 5.62. The molecule has 0 bridgehead atoms. The molecule has 1 aliphatic rings. The third kappa shape index (κ3) is 4.00. The van der Waals surface area contributed by atoms with Gasteiger partial charge in [-0.3, -0.25) is 9.59 Å². The van der Waals surface area contributed by atoms with Crippen molar-refractivity contribution in [2.45, 2.75) is 37.8 Å². The molecule has 10 heteroatoms. The molecule has 0 atom stereocenters. The van der Waals surface area contributed by atoms with E-state index in [9.17, 15) is 31.9 Å². The van der Waals surface area contributed by atoms with Gasteiger partial charge in [-0.2, -0.15) is 13.2 Å². The number of halogens is 4. The van der Waals surface area contributed by atoms with E-state index >= 15 is 0 Å². The summed E-state index contributed by atoms with van der Waals surface area (Å²) in [4.78, 5) is 36.7. The summed E-state index contributed by atoms with van der Waals surface area (Å²) < 4.78 is 58.0. The Hall–Kier alpha value is -3.56. The molecule has 0 saturated heterocycles. The Morgan fingerprint density at radius 3 is 2.50 bits per heavy atom. The largest absolute Gasteiger partial charge is 0.416 e. The monoisotopic (exact) mass is 448 g/mol. The van der Waals surface area contributed by atoms with Crippen molar-refractivity contribution in [3.05, 3.63) is 69.5 Å². The zero-order valence-electron chi connectivity index (χ0n) is 16.7. The van der Waals surface area contributed by atoms with Gasteiger partial charge in [0.25, 0.3) is 5.91 Å². The summed E-state index contributed by atoms with van der Waals surface area (Å²) in [6, 6.07) is 6.35. The van der Waals surface area contributed by atoms with Crippen LogP contribution in [0.5, 0.6) is 0 Å². The van der Waals surface area contributed by atoms with E-state index in [-0.39, 0.29) is 16.6 Å². The van der Waals surface area contributed by atoms with Crippen molar-refractivity contribution >= 4 is 28.2 Å². The molecule has 0 aliphatic heterocycles. The standard InChI is InChI=1S/C22H16F4N2O4/c1-11-15-9-13(3-4-14(15)20(31)32-28-11)27-19(30)18(29)10-21(6-7-21)16-8-12(22(24,25)26)2-5-17(16)23/h2-5,8-9H,6-7,10H2,1H3,(H,27,30). The summed E-state index contributed by atoms with van der Waals surface area (Å²) in [5.41, 5.74) is -2.39. The van der Waals surface area contributed by atoms with Crippen LogP contribution in [0.3, 0.4) is 0 Å². The number of hydrogen-bond donors (Lipinski definition) is 1. The fourth-order valence-corrected chi connectivity index (χ4v) is 3.70. The highest BCUT2D eigenvalue weighted by molar-refractivity contribution is 6.41. The van der Waals surface area contributed by atoms with Crippen molar-refractivity contribution in [2.75, 3.05) is 5.32 Å². The van der Waals surface area contributed by atoms with E-state index in [1.807, 2.05) is 0 Å². The van der Waals surface area contributed by atoms with Crippen LogP contribution in [0.2, 0.25) is 0 Å². The maximum Gasteiger partial charge on any atom is 0.416 e. The number of nitrogens with one attached hydrogen (secondary N) is 1. The van der Waals surface area contributed by atoms with Crippen LogP contribution in [-0.4, -0.2) is 16.8 Å². The average Bonchev–Trinajstić information content (AvgIpc) is 3.50. The lowest BCUT2D eigenvalue weighted by atomic mass is 9.88. The zero-order chi connectivity index (χ0) is 23.3. The molecule has 32 heavy (non-hydrogen) atoms. The molecule has 1 heterocycles. The molecule has 6 nitrogen and oxygen atoms in total. The highest BCUT2D eigenvalue weighted by atomic mass is 19.4. The third-order valence-corrected chi connectivity index (χ3v) is 5.62. The van der Waals surface area contributed by atoms with Gasteiger partial charge in [0.05, 0.1) is 16.6 Å². The Morgan fingerprint density at radius 2 is 1.84 bits per heavy atom. The van der Waals surface area contributed by atoms with Crippen LogP contribution in [0, 0.1) is 12.7 Å². The lowest BCUT2D eigenvalue weighted by Crippen LogP contribution is -2.27. The lowest BCUT2D eigenvalue weighted by molar-refractivity contribution is -0.137. The van der Waals surface area contributed by atoms with Gasteiger partial charge in [-0.05, 0) is 61.7 Å². The van der Waals surface area contributed by atoms with Gasteiger partial charge in [0, 0.05) is 22.9 Å². The topological polar surface area (TPSA) is 89.3 Å². The molecular weight excluding hydrogens is 432 g/mol. The van der Waals surface area contributed by atoms with Crippen LogP contribution in [0.1, 0.15) is 36.1 Å². The Kier molecular flexibility index (Phi) is 5.10. The van der Waals surface area contributed by atoms with Crippen LogP contribution < -0.4 is 10.9 Å². The van der Waals surface area contributed by atoms with Gasteiger partial charge in [-0.15, -0.1) is 0 Å². The smallest absolute Gasteiger partial charge is 0.319 e. The molecule has 1 fully saturated rings. The molecular formula is C22H16F4N2O4. The number of nitrogens with zero attached hydrogens (tertiary/aromatic N) is 1. The summed E-state index contributed by atoms with van der Waals surface area (Å²) in [5, 5.41) is 6.69. The first-order valence-corrected chi connectivity index (χ1v) is 9.62. The minimum absolute atomic E-state index is 0.215. The van der Waals surface area contributed by atoms with Gasteiger partial charge >= 0.3 is 11.8 Å². The molecule has 166 valence electrons. The van der Waals surface area contributed by atoms with E-state index in [0.29, 0.717) is 36.1 Å². The molecule has 0 unspecified atom stereocenters. The number of fused-ring (bicyclic) bond motifs is 1. The number of aryl methyl sites for hydroxylation is 1. The molecule has 1 aromatic heterocycles. The molecule has 1 saturated carbocycles. The van der Waals surface area contributed by atoms with Crippen LogP contribution in [-0.2, 0) is 21.2 Å². The van der Waals surface area contributed by atoms with Crippen LogP contribution in [0.15, 0.2) is 45.7 Å². The van der Waals surface area contributed by atoms with Gasteiger partial charge in [0.1, 0.15) is 5.82 Å². The molecule has 1 aliphatic carbocycles. The normalized spacial score (nSPS) is 14.9. The van der Waals surface area contributed by atoms with E-state index in [0.717, 1.165) is 6.07 Å². The first-order chi connectivity index (χ1) is 15.0. The van der Waals surface area contributed by atoms with Gasteiger partial charge in [-0.25, -0.2) is 9.18 Å². The fraction of sp³-hybridized carbons (Fsp3) is 0.273. The van der Waals surface area contributed by atoms with E-state index in [2.05, 4.69) is 15.0 Å². The van der Waals surface area contributed by atoms with Crippen molar-refractivity contribution < 1.29 is 31.7 Å². The summed E-state index contributed by atoms with van der Waals surface area (Å²) in [6.45, 7) is 1.60. The second-order valence-electron chi connectivity index (χ2n) is 7.84. The minimum Gasteiger partial charge on any atom is -0.319 e. The van der Waals surface area contributed by atoms with E-state index in [1.54, 1.807) is 6.92 Å². The highest BCUT2D eigenvalue weighted by Crippen LogP contribution is 2.52. The number of aromatic nitrogens is 1. The Morgan fingerprint density at radius 1 is 1.12 bits per heavy atom. The van der Waals surface area contributed by atoms with Crippen molar-refractivity contribution in [2.24, 2.45) is 0 Å². The van der Waals surface area contributed by atoms with Crippen molar-refractivity contribution in [1.29, 1.82) is 0 Å². The number of amides is 1. The van der Waals surface area contributed by atoms with Crippen molar-refractivity contribution in [1.82, 2.24) is 5.16 Å². The molecule has 2 aromatic carbocycles. The Labute approximate surface area is 178 Å². The average molecular weight is 448 g/mol. The van der Waals surface area contributed by atoms with Crippen LogP contribution in [0.25, 0.3) is 10.8 Å². The zero-order valence-corrected chi connectivity index (χ0v) is 16.7. The fourth-order valence-electron chi connectivity index (χ4n) is 3.70. The molecule has 3 aromatic rings. The Balaban J connectivity index is 1.54. The molecule has 1 N–H and O–H groups in total. The van der Waals surface area contributed by atoms with Gasteiger partial charge in [0.2, 0.25) is 5.78 Å². The molecule has 0 spiro atoms. The number of Topliss-reactive ketones (excluding diaryl/α,β-unsaturated/α-hetero) is 1. The van der Waals surface area contributed by atoms with E-state index in [1.165, 1.54) is 18.2 Å². The SMILES string of the molecule is Cc1noc(=O)c2ccc(NC(=O)C(=O)CC3(c4cc(C(F)(F)F)ccc4F)CC3)cc12. The quantitative estimate of drug-likeness (QED) is 0.465. The van der Waals surface area contributed by atoms with Crippen molar-refractivity contribution in [3.63, 3.8) is 0 Å².